The summed E-state index contributed by atoms with van der Waals surface area (Å²) in [6.45, 7) is 5.25. The molecule has 1 aliphatic rings. The van der Waals surface area contributed by atoms with Crippen molar-refractivity contribution in [3.05, 3.63) is 10.4 Å². The number of rotatable bonds is 3. The third-order valence-electron chi connectivity index (χ3n) is 3.09. The molecular weight excluding hydrogens is 276 g/mol. The number of anilines is 2. The van der Waals surface area contributed by atoms with E-state index in [9.17, 15) is 10.1 Å². The minimum Gasteiger partial charge on any atom is -0.396 e. The Labute approximate surface area is 122 Å². The number of carbonyl (C=O) groups is 1. The van der Waals surface area contributed by atoms with Gasteiger partial charge in [-0.25, -0.2) is 0 Å². The van der Waals surface area contributed by atoms with Gasteiger partial charge in [0.05, 0.1) is 12.3 Å². The predicted octanol–water partition coefficient (Wildman–Crippen LogP) is 1.18. The van der Waals surface area contributed by atoms with E-state index in [1.165, 1.54) is 11.3 Å². The second kappa shape index (κ2) is 6.59. The summed E-state index contributed by atoms with van der Waals surface area (Å²) in [5.74, 6) is -0.219. The number of nitrogens with one attached hydrogen (secondary N) is 1. The fraction of sp³-hybridized carbons (Fsp3) is 0.538. The van der Waals surface area contributed by atoms with Gasteiger partial charge in [0.15, 0.2) is 0 Å². The smallest absolute Gasteiger partial charge is 0.263 e. The van der Waals surface area contributed by atoms with E-state index in [0.29, 0.717) is 30.1 Å². The Morgan fingerprint density at radius 1 is 1.55 bits per heavy atom. The molecule has 0 saturated carbocycles. The summed E-state index contributed by atoms with van der Waals surface area (Å²) in [6, 6.07) is 2.12. The number of nitrogens with zero attached hydrogens (tertiary/aromatic N) is 2. The molecule has 1 fully saturated rings. The van der Waals surface area contributed by atoms with Crippen LogP contribution in [-0.2, 0) is 4.74 Å². The Balaban J connectivity index is 2.35. The Hall–Kier alpha value is -1.78. The maximum atomic E-state index is 12.0. The Kier molecular flexibility index (Phi) is 4.82. The maximum Gasteiger partial charge on any atom is 0.263 e. The molecule has 1 amide bonds. The van der Waals surface area contributed by atoms with E-state index in [-0.39, 0.29) is 11.6 Å². The number of thiophene rings is 1. The molecule has 20 heavy (non-hydrogen) atoms. The number of hydrogen-bond acceptors (Lipinski definition) is 6. The molecule has 0 bridgehead atoms. The highest BCUT2D eigenvalue weighted by Gasteiger charge is 2.24. The molecule has 0 aromatic carbocycles. The number of carbonyl (C=O) groups excluding carboxylic acids is 1. The molecule has 1 aromatic heterocycles. The van der Waals surface area contributed by atoms with Gasteiger partial charge in [-0.3, -0.25) is 4.79 Å². The highest BCUT2D eigenvalue weighted by Crippen LogP contribution is 2.38. The van der Waals surface area contributed by atoms with Crippen molar-refractivity contribution in [3.63, 3.8) is 0 Å². The topological polar surface area (TPSA) is 91.4 Å². The SMILES string of the molecule is CCNC(=O)c1sc(N2CCCOCC2)c(C#N)c1N. The van der Waals surface area contributed by atoms with Crippen LogP contribution in [0.15, 0.2) is 0 Å². The molecule has 3 N–H and O–H groups in total. The lowest BCUT2D eigenvalue weighted by atomic mass is 10.2. The molecule has 108 valence electrons. The number of amides is 1. The van der Waals surface area contributed by atoms with Crippen molar-refractivity contribution in [1.82, 2.24) is 5.32 Å². The monoisotopic (exact) mass is 294 g/mol. The first-order valence-corrected chi connectivity index (χ1v) is 7.44. The van der Waals surface area contributed by atoms with Crippen molar-refractivity contribution >= 4 is 27.9 Å². The van der Waals surface area contributed by atoms with E-state index in [1.807, 2.05) is 6.92 Å². The maximum absolute atomic E-state index is 12.0. The minimum absolute atomic E-state index is 0.219. The average molecular weight is 294 g/mol. The first kappa shape index (κ1) is 14.6. The molecule has 1 aliphatic heterocycles. The van der Waals surface area contributed by atoms with Crippen LogP contribution in [0.3, 0.4) is 0 Å². The van der Waals surface area contributed by atoms with E-state index < -0.39 is 0 Å². The van der Waals surface area contributed by atoms with Gasteiger partial charge in [-0.15, -0.1) is 11.3 Å². The summed E-state index contributed by atoms with van der Waals surface area (Å²) >= 11 is 1.29. The van der Waals surface area contributed by atoms with Gasteiger partial charge in [0.25, 0.3) is 5.91 Å². The van der Waals surface area contributed by atoms with Crippen LogP contribution in [0.1, 0.15) is 28.6 Å². The molecule has 6 nitrogen and oxygen atoms in total. The number of nitrogen functional groups attached to an aromatic ring is 1. The molecule has 0 atom stereocenters. The zero-order valence-electron chi connectivity index (χ0n) is 11.4. The van der Waals surface area contributed by atoms with Gasteiger partial charge in [0, 0.05) is 26.2 Å². The van der Waals surface area contributed by atoms with Crippen LogP contribution < -0.4 is 16.0 Å². The van der Waals surface area contributed by atoms with Gasteiger partial charge in [-0.1, -0.05) is 0 Å². The third-order valence-corrected chi connectivity index (χ3v) is 4.36. The zero-order valence-corrected chi connectivity index (χ0v) is 12.3. The van der Waals surface area contributed by atoms with E-state index in [4.69, 9.17) is 10.5 Å². The molecule has 0 spiro atoms. The highest BCUT2D eigenvalue weighted by molar-refractivity contribution is 7.19. The van der Waals surface area contributed by atoms with E-state index in [2.05, 4.69) is 16.3 Å². The summed E-state index contributed by atoms with van der Waals surface area (Å²) in [5, 5.41) is 12.8. The van der Waals surface area contributed by atoms with E-state index in [1.54, 1.807) is 0 Å². The van der Waals surface area contributed by atoms with Crippen LogP contribution in [0.5, 0.6) is 0 Å². The second-order valence-electron chi connectivity index (χ2n) is 4.45. The number of hydrogen-bond donors (Lipinski definition) is 2. The molecule has 2 heterocycles. The van der Waals surface area contributed by atoms with Crippen LogP contribution in [0, 0.1) is 11.3 Å². The van der Waals surface area contributed by atoms with Crippen LogP contribution >= 0.6 is 11.3 Å². The number of ether oxygens (including phenoxy) is 1. The van der Waals surface area contributed by atoms with Crippen molar-refractivity contribution in [3.8, 4) is 6.07 Å². The molecule has 0 radical (unpaired) electrons. The lowest BCUT2D eigenvalue weighted by Gasteiger charge is -2.20. The normalized spacial score (nSPS) is 15.5. The summed E-state index contributed by atoms with van der Waals surface area (Å²) in [7, 11) is 0. The van der Waals surface area contributed by atoms with Crippen molar-refractivity contribution in [2.75, 3.05) is 43.5 Å². The molecule has 1 aromatic rings. The van der Waals surface area contributed by atoms with Crippen LogP contribution in [-0.4, -0.2) is 38.8 Å². The van der Waals surface area contributed by atoms with Crippen molar-refractivity contribution in [1.29, 1.82) is 5.26 Å². The molecule has 2 rings (SSSR count). The van der Waals surface area contributed by atoms with Gasteiger partial charge >= 0.3 is 0 Å². The van der Waals surface area contributed by atoms with Crippen molar-refractivity contribution in [2.45, 2.75) is 13.3 Å². The molecule has 7 heteroatoms. The molecular formula is C13H18N4O2S. The molecule has 0 aliphatic carbocycles. The van der Waals surface area contributed by atoms with E-state index >= 15 is 0 Å². The van der Waals surface area contributed by atoms with Crippen molar-refractivity contribution < 1.29 is 9.53 Å². The Morgan fingerprint density at radius 3 is 3.05 bits per heavy atom. The Morgan fingerprint density at radius 2 is 2.35 bits per heavy atom. The van der Waals surface area contributed by atoms with Gasteiger partial charge in [0.2, 0.25) is 0 Å². The van der Waals surface area contributed by atoms with Crippen LogP contribution in [0.2, 0.25) is 0 Å². The molecule has 1 saturated heterocycles. The van der Waals surface area contributed by atoms with Gasteiger partial charge in [0.1, 0.15) is 21.5 Å². The fourth-order valence-corrected chi connectivity index (χ4v) is 3.26. The summed E-state index contributed by atoms with van der Waals surface area (Å²) in [5.41, 5.74) is 6.64. The van der Waals surface area contributed by atoms with Gasteiger partial charge in [-0.2, -0.15) is 5.26 Å². The zero-order chi connectivity index (χ0) is 14.5. The summed E-state index contributed by atoms with van der Waals surface area (Å²) in [6.07, 6.45) is 0.902. The van der Waals surface area contributed by atoms with Crippen molar-refractivity contribution in [2.24, 2.45) is 0 Å². The third kappa shape index (κ3) is 2.86. The first-order valence-electron chi connectivity index (χ1n) is 6.62. The lowest BCUT2D eigenvalue weighted by Crippen LogP contribution is -2.25. The number of nitrogens with two attached hydrogens (primary N) is 1. The molecule has 0 unspecified atom stereocenters. The number of nitriles is 1. The predicted molar refractivity (Wildman–Crippen MR) is 79.1 cm³/mol. The van der Waals surface area contributed by atoms with Gasteiger partial charge in [-0.05, 0) is 13.3 Å². The lowest BCUT2D eigenvalue weighted by molar-refractivity contribution is 0.0960. The average Bonchev–Trinajstić information content (AvgIpc) is 2.63. The fourth-order valence-electron chi connectivity index (χ4n) is 2.12. The van der Waals surface area contributed by atoms with Gasteiger partial charge < -0.3 is 20.7 Å². The highest BCUT2D eigenvalue weighted by atomic mass is 32.1. The largest absolute Gasteiger partial charge is 0.396 e. The quantitative estimate of drug-likeness (QED) is 0.873. The van der Waals surface area contributed by atoms with E-state index in [0.717, 1.165) is 24.6 Å². The summed E-state index contributed by atoms with van der Waals surface area (Å²) in [4.78, 5) is 14.5. The Bertz CT molecular complexity index is 527. The van der Waals surface area contributed by atoms with Crippen LogP contribution in [0.25, 0.3) is 0 Å². The van der Waals surface area contributed by atoms with Crippen LogP contribution in [0.4, 0.5) is 10.7 Å². The standard InChI is InChI=1S/C13H18N4O2S/c1-2-16-12(18)11-10(15)9(8-14)13(20-11)17-4-3-6-19-7-5-17/h2-7,15H2,1H3,(H,16,18). The second-order valence-corrected chi connectivity index (χ2v) is 5.45. The minimum atomic E-state index is -0.219. The summed E-state index contributed by atoms with van der Waals surface area (Å²) < 4.78 is 5.41. The first-order chi connectivity index (χ1) is 9.69.